The molecule has 4 bridgehead atoms. The van der Waals surface area contributed by atoms with Crippen LogP contribution in [0.1, 0.15) is 38.5 Å². The van der Waals surface area contributed by atoms with Crippen molar-refractivity contribution in [3.63, 3.8) is 0 Å². The van der Waals surface area contributed by atoms with E-state index in [9.17, 15) is 4.80 Å². The topological polar surface area (TPSA) is 20.2 Å². The molecule has 0 heterocycles. The first-order chi connectivity index (χ1) is 11.7. The summed E-state index contributed by atoms with van der Waals surface area (Å²) in [5.74, 6) is 2.59. The molecule has 2 aromatic rings. The molecule has 0 amide bonds. The van der Waals surface area contributed by atoms with Gasteiger partial charge in [0.1, 0.15) is 0 Å². The van der Waals surface area contributed by atoms with E-state index in [2.05, 4.69) is 60.7 Å². The molecule has 0 unspecified atom stereocenters. The molecule has 0 radical (unpaired) electrons. The van der Waals surface area contributed by atoms with Gasteiger partial charge in [-0.25, -0.2) is 0 Å². The van der Waals surface area contributed by atoms with Crippen LogP contribution in [-0.2, 0) is 0 Å². The van der Waals surface area contributed by atoms with Gasteiger partial charge in [-0.2, -0.15) is 0 Å². The van der Waals surface area contributed by atoms with E-state index in [1.165, 1.54) is 48.9 Å². The molecule has 1 nitrogen and oxygen atoms in total. The Morgan fingerprint density at radius 3 is 1.42 bits per heavy atom. The highest BCUT2D eigenvalue weighted by atomic mass is 28.4. The SMILES string of the molecule is O[Si](c1ccccc1)(c1ccccc1)C12CC3CC(CC(C3)C1)C2. The van der Waals surface area contributed by atoms with Crippen molar-refractivity contribution in [2.75, 3.05) is 0 Å². The zero-order valence-electron chi connectivity index (χ0n) is 14.2. The van der Waals surface area contributed by atoms with Gasteiger partial charge in [-0.3, -0.25) is 0 Å². The van der Waals surface area contributed by atoms with Gasteiger partial charge in [0.25, 0.3) is 8.32 Å². The van der Waals surface area contributed by atoms with Crippen LogP contribution in [0.15, 0.2) is 60.7 Å². The molecule has 24 heavy (non-hydrogen) atoms. The summed E-state index contributed by atoms with van der Waals surface area (Å²) < 4.78 is 0. The van der Waals surface area contributed by atoms with E-state index < -0.39 is 8.32 Å². The minimum absolute atomic E-state index is 0.157. The molecule has 0 spiro atoms. The van der Waals surface area contributed by atoms with Crippen molar-refractivity contribution in [1.82, 2.24) is 0 Å². The first-order valence-electron chi connectivity index (χ1n) is 9.53. The summed E-state index contributed by atoms with van der Waals surface area (Å²) in [5.41, 5.74) is 0. The Morgan fingerprint density at radius 2 is 1.04 bits per heavy atom. The lowest BCUT2D eigenvalue weighted by molar-refractivity contribution is 0.0206. The number of benzene rings is 2. The Hall–Kier alpha value is -1.38. The molecule has 124 valence electrons. The molecule has 4 saturated carbocycles. The van der Waals surface area contributed by atoms with Gasteiger partial charge in [0.15, 0.2) is 0 Å². The third-order valence-electron chi connectivity index (χ3n) is 7.19. The van der Waals surface area contributed by atoms with Crippen LogP contribution in [0.3, 0.4) is 0 Å². The van der Waals surface area contributed by atoms with Crippen LogP contribution < -0.4 is 10.4 Å². The Balaban J connectivity index is 1.70. The fourth-order valence-electron chi connectivity index (χ4n) is 6.69. The smallest absolute Gasteiger partial charge is 0.258 e. The predicted molar refractivity (Wildman–Crippen MR) is 101 cm³/mol. The van der Waals surface area contributed by atoms with Gasteiger partial charge in [-0.1, -0.05) is 60.7 Å². The Bertz CT molecular complexity index is 649. The molecule has 0 saturated heterocycles. The third-order valence-corrected chi connectivity index (χ3v) is 11.7. The molecular weight excluding hydrogens is 308 g/mol. The summed E-state index contributed by atoms with van der Waals surface area (Å²) in [4.78, 5) is 12.5. The molecule has 4 fully saturated rings. The van der Waals surface area contributed by atoms with Crippen LogP contribution in [0.25, 0.3) is 0 Å². The zero-order valence-corrected chi connectivity index (χ0v) is 15.2. The van der Waals surface area contributed by atoms with Crippen molar-refractivity contribution in [1.29, 1.82) is 0 Å². The van der Waals surface area contributed by atoms with Crippen LogP contribution in [0, 0.1) is 17.8 Å². The van der Waals surface area contributed by atoms with Crippen molar-refractivity contribution in [2.45, 2.75) is 43.6 Å². The monoisotopic (exact) mass is 334 g/mol. The Labute approximate surface area is 145 Å². The van der Waals surface area contributed by atoms with Gasteiger partial charge < -0.3 is 4.80 Å². The Kier molecular flexibility index (Phi) is 3.30. The van der Waals surface area contributed by atoms with Crippen LogP contribution >= 0.6 is 0 Å². The number of rotatable bonds is 3. The summed E-state index contributed by atoms with van der Waals surface area (Å²) >= 11 is 0. The standard InChI is InChI=1S/C22H26OSi/c23-24(20-7-3-1-4-8-20,21-9-5-2-6-10-21)22-14-17-11-18(15-22)13-19(12-17)16-22/h1-10,17-19,23H,11-16H2. The maximum atomic E-state index is 12.5. The molecule has 2 heteroatoms. The van der Waals surface area contributed by atoms with E-state index in [1.807, 2.05) is 0 Å². The molecule has 4 aliphatic carbocycles. The fourth-order valence-corrected chi connectivity index (χ4v) is 11.4. The summed E-state index contributed by atoms with van der Waals surface area (Å²) in [6, 6.07) is 21.3. The normalized spacial score (nSPS) is 34.5. The molecule has 1 N–H and O–H groups in total. The average Bonchev–Trinajstić information content (AvgIpc) is 2.61. The Morgan fingerprint density at radius 1 is 0.667 bits per heavy atom. The second kappa shape index (κ2) is 5.31. The number of hydrogen-bond donors (Lipinski definition) is 1. The van der Waals surface area contributed by atoms with Gasteiger partial charge in [-0.15, -0.1) is 0 Å². The summed E-state index contributed by atoms with van der Waals surface area (Å²) in [6.07, 6.45) is 8.04. The molecule has 0 aromatic heterocycles. The average molecular weight is 335 g/mol. The predicted octanol–water partition coefficient (Wildman–Crippen LogP) is 3.71. The first-order valence-corrected chi connectivity index (χ1v) is 11.5. The second-order valence-corrected chi connectivity index (χ2v) is 12.3. The van der Waals surface area contributed by atoms with Crippen molar-refractivity contribution in [3.8, 4) is 0 Å². The van der Waals surface area contributed by atoms with Gasteiger partial charge in [0, 0.05) is 0 Å². The molecule has 0 atom stereocenters. The van der Waals surface area contributed by atoms with Crippen molar-refractivity contribution in [3.05, 3.63) is 60.7 Å². The van der Waals surface area contributed by atoms with E-state index in [1.54, 1.807) is 0 Å². The second-order valence-electron chi connectivity index (χ2n) is 8.64. The van der Waals surface area contributed by atoms with E-state index in [0.29, 0.717) is 0 Å². The molecule has 2 aromatic carbocycles. The van der Waals surface area contributed by atoms with Gasteiger partial charge >= 0.3 is 0 Å². The van der Waals surface area contributed by atoms with Gasteiger partial charge in [0.05, 0.1) is 0 Å². The van der Waals surface area contributed by atoms with Gasteiger partial charge in [-0.05, 0) is 71.7 Å². The molecular formula is C22H26OSi. The fraction of sp³-hybridized carbons (Fsp3) is 0.455. The van der Waals surface area contributed by atoms with E-state index in [-0.39, 0.29) is 5.04 Å². The number of hydrogen-bond acceptors (Lipinski definition) is 1. The minimum Gasteiger partial charge on any atom is -0.424 e. The highest BCUT2D eigenvalue weighted by Crippen LogP contribution is 2.66. The third kappa shape index (κ3) is 2.02. The van der Waals surface area contributed by atoms with Crippen LogP contribution in [0.2, 0.25) is 5.04 Å². The van der Waals surface area contributed by atoms with Crippen molar-refractivity contribution < 1.29 is 4.80 Å². The lowest BCUT2D eigenvalue weighted by Gasteiger charge is -2.61. The lowest BCUT2D eigenvalue weighted by Crippen LogP contribution is -2.70. The lowest BCUT2D eigenvalue weighted by atomic mass is 9.56. The molecule has 4 aliphatic rings. The maximum absolute atomic E-state index is 12.5. The molecule has 6 rings (SSSR count). The summed E-state index contributed by atoms with van der Waals surface area (Å²) in [5, 5.41) is 2.60. The summed E-state index contributed by atoms with van der Waals surface area (Å²) in [7, 11) is -2.75. The van der Waals surface area contributed by atoms with Crippen LogP contribution in [-0.4, -0.2) is 13.1 Å². The minimum atomic E-state index is -2.75. The van der Waals surface area contributed by atoms with E-state index in [4.69, 9.17) is 0 Å². The van der Waals surface area contributed by atoms with Crippen molar-refractivity contribution >= 4 is 18.7 Å². The highest BCUT2D eigenvalue weighted by molar-refractivity contribution is 6.98. The van der Waals surface area contributed by atoms with Crippen LogP contribution in [0.5, 0.6) is 0 Å². The summed E-state index contributed by atoms with van der Waals surface area (Å²) in [6.45, 7) is 0. The largest absolute Gasteiger partial charge is 0.424 e. The maximum Gasteiger partial charge on any atom is 0.258 e. The van der Waals surface area contributed by atoms with E-state index in [0.717, 1.165) is 17.8 Å². The zero-order chi connectivity index (χ0) is 16.2. The molecule has 0 aliphatic heterocycles. The quantitative estimate of drug-likeness (QED) is 0.849. The first kappa shape index (κ1) is 14.9. The van der Waals surface area contributed by atoms with Gasteiger partial charge in [0.2, 0.25) is 0 Å². The van der Waals surface area contributed by atoms with E-state index >= 15 is 0 Å². The highest BCUT2D eigenvalue weighted by Gasteiger charge is 2.63. The van der Waals surface area contributed by atoms with Crippen LogP contribution in [0.4, 0.5) is 0 Å². The van der Waals surface area contributed by atoms with Crippen molar-refractivity contribution in [2.24, 2.45) is 17.8 Å².